The van der Waals surface area contributed by atoms with Crippen molar-refractivity contribution < 1.29 is 32.7 Å². The van der Waals surface area contributed by atoms with Gasteiger partial charge < -0.3 is 10.8 Å². The molecule has 0 bridgehead atoms. The van der Waals surface area contributed by atoms with Gasteiger partial charge in [-0.3, -0.25) is 4.55 Å². The van der Waals surface area contributed by atoms with E-state index in [2.05, 4.69) is 19.6 Å². The third-order valence-corrected chi connectivity index (χ3v) is 5.56. The summed E-state index contributed by atoms with van der Waals surface area (Å²) in [5.74, 6) is -0.141. The number of aromatic nitrogens is 3. The fraction of sp³-hybridized carbons (Fsp3) is 0. The number of aromatic hydroxyl groups is 1. The van der Waals surface area contributed by atoms with Crippen molar-refractivity contribution in [1.82, 2.24) is 15.0 Å². The lowest BCUT2D eigenvalue weighted by molar-refractivity contribution is -0.432. The largest absolute Gasteiger partial charge is 0.506 e. The molecule has 150 valence electrons. The van der Waals surface area contributed by atoms with E-state index in [0.29, 0.717) is 39.5 Å². The summed E-state index contributed by atoms with van der Waals surface area (Å²) in [5, 5.41) is 31.6. The minimum Gasteiger partial charge on any atom is -0.506 e. The summed E-state index contributed by atoms with van der Waals surface area (Å²) in [6, 6.07) is 10.1. The van der Waals surface area contributed by atoms with Crippen LogP contribution in [0.25, 0.3) is 27.5 Å². The zero-order valence-corrected chi connectivity index (χ0v) is 15.9. The number of anilines is 1. The molecule has 13 heteroatoms. The third kappa shape index (κ3) is 3.57. The topological polar surface area (TPSA) is 170 Å². The van der Waals surface area contributed by atoms with Gasteiger partial charge in [-0.25, -0.2) is 5.26 Å². The number of nitrogens with zero attached hydrogens (tertiary/aromatic N) is 3. The fourth-order valence-electron chi connectivity index (χ4n) is 2.84. The second kappa shape index (κ2) is 7.14. The lowest BCUT2D eigenvalue weighted by Gasteiger charge is -2.07. The standard InChI is InChI=1S/C16H12N4O7S2/c17-8-1-4-13(14(21)5-8)20-18-12-3-2-10-11(16(12)19-20)6-9(29(23,24)25)7-15(10)28-27-26-22/h1-7,21-22H,17H2,(H,23,24,25). The Hall–Kier alpha value is -2.94. The molecular formula is C16H12N4O7S2. The maximum Gasteiger partial charge on any atom is 0.294 e. The van der Waals surface area contributed by atoms with E-state index in [0.717, 1.165) is 6.07 Å². The normalized spacial score (nSPS) is 12.1. The predicted molar refractivity (Wildman–Crippen MR) is 103 cm³/mol. The van der Waals surface area contributed by atoms with Gasteiger partial charge in [-0.2, -0.15) is 8.42 Å². The van der Waals surface area contributed by atoms with Gasteiger partial charge in [-0.15, -0.1) is 19.3 Å². The van der Waals surface area contributed by atoms with Crippen LogP contribution in [0.3, 0.4) is 0 Å². The molecule has 0 saturated heterocycles. The molecule has 0 radical (unpaired) electrons. The Morgan fingerprint density at radius 2 is 1.86 bits per heavy atom. The van der Waals surface area contributed by atoms with Crippen molar-refractivity contribution in [3.05, 3.63) is 42.5 Å². The van der Waals surface area contributed by atoms with E-state index in [1.807, 2.05) is 0 Å². The zero-order valence-electron chi connectivity index (χ0n) is 14.3. The Morgan fingerprint density at radius 3 is 2.55 bits per heavy atom. The summed E-state index contributed by atoms with van der Waals surface area (Å²) in [6.45, 7) is 0. The molecule has 3 aromatic carbocycles. The molecule has 0 unspecified atom stereocenters. The van der Waals surface area contributed by atoms with Crippen molar-refractivity contribution in [2.75, 3.05) is 5.73 Å². The van der Waals surface area contributed by atoms with E-state index in [1.54, 1.807) is 18.2 Å². The van der Waals surface area contributed by atoms with Crippen molar-refractivity contribution in [1.29, 1.82) is 0 Å². The number of hydrogen-bond donors (Lipinski definition) is 4. The molecule has 1 heterocycles. The molecule has 0 aliphatic carbocycles. The lowest BCUT2D eigenvalue weighted by atomic mass is 10.1. The first-order valence-electron chi connectivity index (χ1n) is 7.83. The maximum atomic E-state index is 11.7. The first-order valence-corrected chi connectivity index (χ1v) is 10.0. The average Bonchev–Trinajstić information content (AvgIpc) is 3.09. The van der Waals surface area contributed by atoms with Crippen LogP contribution in [-0.2, 0) is 19.5 Å². The summed E-state index contributed by atoms with van der Waals surface area (Å²) in [7, 11) is -4.55. The molecular weight excluding hydrogens is 424 g/mol. The van der Waals surface area contributed by atoms with Crippen LogP contribution in [0.4, 0.5) is 5.69 Å². The van der Waals surface area contributed by atoms with Gasteiger partial charge in [0.2, 0.25) is 0 Å². The summed E-state index contributed by atoms with van der Waals surface area (Å²) in [6.07, 6.45) is 0. The Labute approximate surface area is 167 Å². The molecule has 0 aliphatic rings. The van der Waals surface area contributed by atoms with Crippen LogP contribution in [-0.4, -0.2) is 38.3 Å². The second-order valence-corrected chi connectivity index (χ2v) is 8.05. The first kappa shape index (κ1) is 19.4. The quantitative estimate of drug-likeness (QED) is 0.119. The molecule has 0 saturated carbocycles. The number of benzene rings is 3. The number of rotatable bonds is 5. The lowest BCUT2D eigenvalue weighted by Crippen LogP contribution is -2.00. The predicted octanol–water partition coefficient (Wildman–Crippen LogP) is 2.54. The van der Waals surface area contributed by atoms with E-state index in [-0.39, 0.29) is 16.3 Å². The number of phenolic OH excluding ortho intramolecular Hbond substituents is 1. The van der Waals surface area contributed by atoms with E-state index < -0.39 is 15.0 Å². The highest BCUT2D eigenvalue weighted by Gasteiger charge is 2.19. The van der Waals surface area contributed by atoms with Gasteiger partial charge >= 0.3 is 0 Å². The molecule has 0 fully saturated rings. The van der Waals surface area contributed by atoms with E-state index in [4.69, 9.17) is 11.0 Å². The second-order valence-electron chi connectivity index (χ2n) is 5.89. The molecule has 0 aliphatic heterocycles. The van der Waals surface area contributed by atoms with E-state index in [1.165, 1.54) is 23.0 Å². The van der Waals surface area contributed by atoms with E-state index in [9.17, 15) is 18.1 Å². The van der Waals surface area contributed by atoms with Crippen LogP contribution >= 0.6 is 12.0 Å². The fourth-order valence-corrected chi connectivity index (χ4v) is 4.00. The van der Waals surface area contributed by atoms with E-state index >= 15 is 0 Å². The van der Waals surface area contributed by atoms with Crippen LogP contribution in [0.2, 0.25) is 0 Å². The monoisotopic (exact) mass is 436 g/mol. The maximum absolute atomic E-state index is 11.7. The molecule has 4 rings (SSSR count). The smallest absolute Gasteiger partial charge is 0.294 e. The van der Waals surface area contributed by atoms with Crippen molar-refractivity contribution in [2.24, 2.45) is 0 Å². The number of nitrogen functional groups attached to an aromatic ring is 1. The van der Waals surface area contributed by atoms with Crippen LogP contribution in [0.5, 0.6) is 5.75 Å². The first-order chi connectivity index (χ1) is 13.8. The SMILES string of the molecule is Nc1ccc(-n2nc3ccc4c(SOOO)cc(S(=O)(=O)O)cc4c3n2)c(O)c1. The minimum absolute atomic E-state index is 0.141. The summed E-state index contributed by atoms with van der Waals surface area (Å²) in [4.78, 5) is 1.00. The summed E-state index contributed by atoms with van der Waals surface area (Å²) >= 11 is 0.539. The molecule has 5 N–H and O–H groups in total. The molecule has 11 nitrogen and oxygen atoms in total. The number of fused-ring (bicyclic) bond motifs is 3. The summed E-state index contributed by atoms with van der Waals surface area (Å²) in [5.41, 5.74) is 6.96. The van der Waals surface area contributed by atoms with Crippen LogP contribution < -0.4 is 5.73 Å². The molecule has 1 aromatic heterocycles. The Bertz CT molecular complexity index is 1350. The highest BCUT2D eigenvalue weighted by Crippen LogP contribution is 2.35. The minimum atomic E-state index is -4.55. The third-order valence-electron chi connectivity index (χ3n) is 4.09. The molecule has 29 heavy (non-hydrogen) atoms. The molecule has 0 amide bonds. The highest BCUT2D eigenvalue weighted by atomic mass is 32.2. The number of nitrogens with two attached hydrogens (primary N) is 1. The van der Waals surface area contributed by atoms with Crippen molar-refractivity contribution in [3.8, 4) is 11.4 Å². The molecule has 0 spiro atoms. The molecule has 4 aromatic rings. The number of hydrogen-bond acceptors (Lipinski definition) is 10. The Kier molecular flexibility index (Phi) is 4.77. The van der Waals surface area contributed by atoms with Crippen molar-refractivity contribution in [2.45, 2.75) is 9.79 Å². The van der Waals surface area contributed by atoms with Crippen LogP contribution in [0, 0.1) is 0 Å². The van der Waals surface area contributed by atoms with Crippen molar-refractivity contribution in [3.63, 3.8) is 0 Å². The highest BCUT2D eigenvalue weighted by molar-refractivity contribution is 7.94. The van der Waals surface area contributed by atoms with Crippen LogP contribution in [0.15, 0.2) is 52.3 Å². The zero-order chi connectivity index (χ0) is 20.8. The van der Waals surface area contributed by atoms with Crippen LogP contribution in [0.1, 0.15) is 0 Å². The Balaban J connectivity index is 2.00. The summed E-state index contributed by atoms with van der Waals surface area (Å²) < 4.78 is 37.3. The molecule has 0 atom stereocenters. The van der Waals surface area contributed by atoms with Gasteiger partial charge in [0, 0.05) is 27.4 Å². The van der Waals surface area contributed by atoms with Crippen molar-refractivity contribution >= 4 is 49.7 Å². The Morgan fingerprint density at radius 1 is 1.07 bits per heavy atom. The van der Waals surface area contributed by atoms with Gasteiger partial charge in [-0.05, 0) is 30.3 Å². The van der Waals surface area contributed by atoms with Gasteiger partial charge in [0.1, 0.15) is 22.5 Å². The van der Waals surface area contributed by atoms with Gasteiger partial charge in [-0.1, -0.05) is 11.1 Å². The van der Waals surface area contributed by atoms with Gasteiger partial charge in [0.15, 0.2) is 0 Å². The van der Waals surface area contributed by atoms with Gasteiger partial charge in [0.25, 0.3) is 10.1 Å². The average molecular weight is 436 g/mol. The number of phenols is 1. The van der Waals surface area contributed by atoms with Gasteiger partial charge in [0.05, 0.1) is 16.9 Å².